The van der Waals surface area contributed by atoms with Crippen LogP contribution in [0.1, 0.15) is 55.6 Å². The molecule has 2 amide bonds. The summed E-state index contributed by atoms with van der Waals surface area (Å²) in [4.78, 5) is 29.0. The summed E-state index contributed by atoms with van der Waals surface area (Å²) >= 11 is 0. The molecule has 2 aliphatic carbocycles. The summed E-state index contributed by atoms with van der Waals surface area (Å²) in [6.07, 6.45) is 5.81. The summed E-state index contributed by atoms with van der Waals surface area (Å²) in [7, 11) is 0. The zero-order chi connectivity index (χ0) is 27.6. The van der Waals surface area contributed by atoms with Crippen LogP contribution >= 0.6 is 0 Å². The van der Waals surface area contributed by atoms with Gasteiger partial charge in [-0.15, -0.1) is 0 Å². The molecule has 2 aliphatic heterocycles. The molecule has 4 aliphatic rings. The maximum atomic E-state index is 13.9. The highest BCUT2D eigenvalue weighted by Crippen LogP contribution is 2.47. The minimum atomic E-state index is -1.06. The molecule has 1 fully saturated rings. The lowest BCUT2D eigenvalue weighted by Crippen LogP contribution is -2.55. The van der Waals surface area contributed by atoms with Crippen LogP contribution in [-0.2, 0) is 16.1 Å². The molecule has 0 unspecified atom stereocenters. The van der Waals surface area contributed by atoms with Gasteiger partial charge in [0.15, 0.2) is 11.5 Å². The molecule has 4 atom stereocenters. The molecule has 0 radical (unpaired) electrons. The molecule has 2 aromatic carbocycles. The molecule has 6 rings (SSSR count). The van der Waals surface area contributed by atoms with E-state index in [-0.39, 0.29) is 38.3 Å². The van der Waals surface area contributed by atoms with Crippen molar-refractivity contribution in [1.82, 2.24) is 10.2 Å². The van der Waals surface area contributed by atoms with Crippen LogP contribution in [0.5, 0.6) is 17.2 Å². The number of nitrogens with zero attached hydrogens (tertiary/aromatic N) is 1. The van der Waals surface area contributed by atoms with Gasteiger partial charge in [0.05, 0.1) is 18.6 Å². The number of fused-ring (bicyclic) bond motifs is 4. The van der Waals surface area contributed by atoms with E-state index in [4.69, 9.17) is 14.2 Å². The molecule has 3 N–H and O–H groups in total. The first-order valence-corrected chi connectivity index (χ1v) is 14.3. The molecule has 40 heavy (non-hydrogen) atoms. The lowest BCUT2D eigenvalue weighted by atomic mass is 9.77. The zero-order valence-corrected chi connectivity index (χ0v) is 22.5. The number of hydrogen-bond donors (Lipinski definition) is 3. The molecule has 0 spiro atoms. The van der Waals surface area contributed by atoms with Gasteiger partial charge in [-0.1, -0.05) is 49.9 Å². The second-order valence-electron chi connectivity index (χ2n) is 11.1. The molecular weight excluding hydrogens is 512 g/mol. The minimum absolute atomic E-state index is 0.0751. The number of amides is 2. The van der Waals surface area contributed by atoms with E-state index in [2.05, 4.69) is 5.32 Å². The van der Waals surface area contributed by atoms with Crippen molar-refractivity contribution in [3.63, 3.8) is 0 Å². The van der Waals surface area contributed by atoms with E-state index in [0.717, 1.165) is 30.4 Å². The number of aliphatic hydroxyl groups is 2. The van der Waals surface area contributed by atoms with Crippen LogP contribution in [0, 0.1) is 5.92 Å². The van der Waals surface area contributed by atoms with Crippen molar-refractivity contribution >= 4 is 11.8 Å². The Morgan fingerprint density at radius 3 is 2.65 bits per heavy atom. The molecule has 0 bridgehead atoms. The lowest BCUT2D eigenvalue weighted by Gasteiger charge is -2.41. The predicted octanol–water partition coefficient (Wildman–Crippen LogP) is 3.04. The highest BCUT2D eigenvalue weighted by molar-refractivity contribution is 5.96. The molecule has 1 saturated carbocycles. The number of para-hydroxylation sites is 1. The number of carbonyl (C=O) groups excluding carboxylic acids is 2. The van der Waals surface area contributed by atoms with Crippen LogP contribution in [0.15, 0.2) is 54.1 Å². The first kappa shape index (κ1) is 26.7. The molecule has 0 aromatic heterocycles. The summed E-state index contributed by atoms with van der Waals surface area (Å²) in [6, 6.07) is 12.3. The van der Waals surface area contributed by atoms with Crippen LogP contribution < -0.4 is 19.5 Å². The fourth-order valence-corrected chi connectivity index (χ4v) is 6.56. The predicted molar refractivity (Wildman–Crippen MR) is 146 cm³/mol. The Hall–Kier alpha value is -3.56. The van der Waals surface area contributed by atoms with Gasteiger partial charge in [0.1, 0.15) is 18.0 Å². The van der Waals surface area contributed by atoms with Gasteiger partial charge in [-0.05, 0) is 42.2 Å². The number of ether oxygens (including phenoxy) is 3. The van der Waals surface area contributed by atoms with Crippen LogP contribution in [0.25, 0.3) is 0 Å². The van der Waals surface area contributed by atoms with Gasteiger partial charge in [-0.3, -0.25) is 9.59 Å². The fourth-order valence-electron chi connectivity index (χ4n) is 6.56. The standard InChI is InChI=1S/C31H36N2O7/c34-14-13-32-31(37)22-16-23(29(36)30-28(22)21-7-3-4-8-24(21)40-30)33(27(35)12-10-19-5-1-2-6-19)17-20-9-11-25-26(15-20)39-18-38-25/h3-4,7-9,11,15-16,19,23,28-30,34,36H,1-2,5-6,10,12-14,17-18H2,(H,32,37)/t23-,28+,29+,30+/m1/s1. The van der Waals surface area contributed by atoms with Crippen LogP contribution in [0.2, 0.25) is 0 Å². The Kier molecular flexibility index (Phi) is 7.67. The average Bonchev–Trinajstić information content (AvgIpc) is 3.74. The molecular formula is C31H36N2O7. The smallest absolute Gasteiger partial charge is 0.247 e. The third-order valence-corrected chi connectivity index (χ3v) is 8.59. The Morgan fingerprint density at radius 2 is 1.82 bits per heavy atom. The van der Waals surface area contributed by atoms with Crippen molar-refractivity contribution in [3.8, 4) is 17.2 Å². The quantitative estimate of drug-likeness (QED) is 0.441. The van der Waals surface area contributed by atoms with Crippen LogP contribution in [-0.4, -0.2) is 65.1 Å². The van der Waals surface area contributed by atoms with Crippen molar-refractivity contribution in [1.29, 1.82) is 0 Å². The van der Waals surface area contributed by atoms with Gasteiger partial charge in [0.2, 0.25) is 18.6 Å². The minimum Gasteiger partial charge on any atom is -0.486 e. The van der Waals surface area contributed by atoms with E-state index in [1.807, 2.05) is 42.5 Å². The van der Waals surface area contributed by atoms with E-state index >= 15 is 0 Å². The van der Waals surface area contributed by atoms with Gasteiger partial charge >= 0.3 is 0 Å². The Balaban J connectivity index is 1.34. The monoisotopic (exact) mass is 548 g/mol. The summed E-state index contributed by atoms with van der Waals surface area (Å²) in [5.41, 5.74) is 2.09. The number of aliphatic hydroxyl groups excluding tert-OH is 2. The average molecular weight is 549 g/mol. The second kappa shape index (κ2) is 11.5. The normalized spacial score (nSPS) is 24.6. The fraction of sp³-hybridized carbons (Fsp3) is 0.484. The molecule has 2 aromatic rings. The highest BCUT2D eigenvalue weighted by atomic mass is 16.7. The lowest BCUT2D eigenvalue weighted by molar-refractivity contribution is -0.138. The Morgan fingerprint density at radius 1 is 1.02 bits per heavy atom. The highest BCUT2D eigenvalue weighted by Gasteiger charge is 2.50. The Bertz CT molecular complexity index is 1290. The van der Waals surface area contributed by atoms with Gasteiger partial charge in [-0.25, -0.2) is 0 Å². The van der Waals surface area contributed by atoms with Crippen molar-refractivity contribution in [2.45, 2.75) is 69.2 Å². The van der Waals surface area contributed by atoms with Crippen molar-refractivity contribution in [2.24, 2.45) is 5.92 Å². The number of hydrogen-bond acceptors (Lipinski definition) is 7. The van der Waals surface area contributed by atoms with E-state index in [1.165, 1.54) is 12.8 Å². The van der Waals surface area contributed by atoms with Crippen molar-refractivity contribution < 1.29 is 34.0 Å². The molecule has 0 saturated heterocycles. The maximum Gasteiger partial charge on any atom is 0.247 e. The second-order valence-corrected chi connectivity index (χ2v) is 11.1. The first-order valence-electron chi connectivity index (χ1n) is 14.3. The number of rotatable bonds is 9. The van der Waals surface area contributed by atoms with Gasteiger partial charge in [-0.2, -0.15) is 0 Å². The van der Waals surface area contributed by atoms with Gasteiger partial charge in [0, 0.05) is 30.6 Å². The van der Waals surface area contributed by atoms with Crippen LogP contribution in [0.3, 0.4) is 0 Å². The SMILES string of the molecule is O=C(NCCO)C1=C[C@@H](N(Cc2ccc3c(c2)OCO3)C(=O)CCC2CCCC2)[C@H](O)[C@H]2Oc3ccccc3[C@@H]12. The number of benzene rings is 2. The molecule has 9 heteroatoms. The van der Waals surface area contributed by atoms with E-state index in [0.29, 0.717) is 35.2 Å². The number of nitrogens with one attached hydrogen (secondary N) is 1. The molecule has 2 heterocycles. The summed E-state index contributed by atoms with van der Waals surface area (Å²) in [6.45, 7) is 0.293. The first-order chi connectivity index (χ1) is 19.5. The number of carbonyl (C=O) groups is 2. The van der Waals surface area contributed by atoms with E-state index in [9.17, 15) is 19.8 Å². The molecule has 9 nitrogen and oxygen atoms in total. The van der Waals surface area contributed by atoms with E-state index in [1.54, 1.807) is 11.0 Å². The summed E-state index contributed by atoms with van der Waals surface area (Å²) in [5, 5.41) is 23.8. The zero-order valence-electron chi connectivity index (χ0n) is 22.5. The summed E-state index contributed by atoms with van der Waals surface area (Å²) in [5.74, 6) is 1.53. The third kappa shape index (κ3) is 5.15. The third-order valence-electron chi connectivity index (χ3n) is 8.59. The molecule has 212 valence electrons. The topological polar surface area (TPSA) is 118 Å². The van der Waals surface area contributed by atoms with Crippen LogP contribution in [0.4, 0.5) is 0 Å². The largest absolute Gasteiger partial charge is 0.486 e. The van der Waals surface area contributed by atoms with Crippen molar-refractivity contribution in [3.05, 3.63) is 65.2 Å². The maximum absolute atomic E-state index is 13.9. The summed E-state index contributed by atoms with van der Waals surface area (Å²) < 4.78 is 17.2. The van der Waals surface area contributed by atoms with E-state index < -0.39 is 24.2 Å². The Labute approximate surface area is 233 Å². The van der Waals surface area contributed by atoms with Crippen molar-refractivity contribution in [2.75, 3.05) is 19.9 Å². The van der Waals surface area contributed by atoms with Gasteiger partial charge < -0.3 is 34.6 Å². The van der Waals surface area contributed by atoms with Gasteiger partial charge in [0.25, 0.3) is 0 Å².